The predicted molar refractivity (Wildman–Crippen MR) is 56.3 cm³/mol. The molecule has 0 bridgehead atoms. The first-order valence-corrected chi connectivity index (χ1v) is 5.35. The summed E-state index contributed by atoms with van der Waals surface area (Å²) >= 11 is 7.56. The third-order valence-corrected chi connectivity index (χ3v) is 3.14. The predicted octanol–water partition coefficient (Wildman–Crippen LogP) is 1.50. The van der Waals surface area contributed by atoms with Crippen LogP contribution in [0.3, 0.4) is 0 Å². The molecule has 0 amide bonds. The molecule has 6 heteroatoms. The van der Waals surface area contributed by atoms with E-state index in [1.165, 1.54) is 0 Å². The Kier molecular flexibility index (Phi) is 2.81. The van der Waals surface area contributed by atoms with E-state index in [0.29, 0.717) is 18.9 Å². The minimum absolute atomic E-state index is 0.366. The molecular weight excluding hydrogens is 220 g/mol. The van der Waals surface area contributed by atoms with Crippen molar-refractivity contribution in [2.45, 2.75) is 13.1 Å². The zero-order valence-electron chi connectivity index (χ0n) is 7.35. The molecule has 0 atom stereocenters. The maximum atomic E-state index is 5.95. The van der Waals surface area contributed by atoms with Crippen LogP contribution >= 0.6 is 22.9 Å². The molecule has 0 aliphatic rings. The standard InChI is InChI=1S/C8H9ClN4S/c9-6-1-2-14-7(6)4-13-5-11-8(3-10)12-13/h1-2,5H,3-4,10H2. The van der Waals surface area contributed by atoms with Gasteiger partial charge in [0, 0.05) is 4.88 Å². The number of rotatable bonds is 3. The van der Waals surface area contributed by atoms with Crippen molar-refractivity contribution >= 4 is 22.9 Å². The number of aromatic nitrogens is 3. The lowest BCUT2D eigenvalue weighted by atomic mass is 10.5. The number of hydrogen-bond acceptors (Lipinski definition) is 4. The van der Waals surface area contributed by atoms with Crippen LogP contribution in [-0.4, -0.2) is 14.8 Å². The molecule has 4 nitrogen and oxygen atoms in total. The maximum Gasteiger partial charge on any atom is 0.164 e. The molecule has 2 aromatic rings. The summed E-state index contributed by atoms with van der Waals surface area (Å²) in [4.78, 5) is 5.12. The molecule has 0 unspecified atom stereocenters. The molecule has 0 fully saturated rings. The van der Waals surface area contributed by atoms with Gasteiger partial charge in [-0.05, 0) is 11.4 Å². The van der Waals surface area contributed by atoms with Crippen LogP contribution in [0.15, 0.2) is 17.8 Å². The monoisotopic (exact) mass is 228 g/mol. The smallest absolute Gasteiger partial charge is 0.164 e. The molecule has 2 rings (SSSR count). The summed E-state index contributed by atoms with van der Waals surface area (Å²) in [6.07, 6.45) is 1.66. The van der Waals surface area contributed by atoms with E-state index in [2.05, 4.69) is 10.1 Å². The van der Waals surface area contributed by atoms with Crippen LogP contribution in [0.25, 0.3) is 0 Å². The van der Waals surface area contributed by atoms with Gasteiger partial charge in [0.15, 0.2) is 5.82 Å². The van der Waals surface area contributed by atoms with Crippen LogP contribution in [-0.2, 0) is 13.1 Å². The quantitative estimate of drug-likeness (QED) is 0.866. The number of nitrogens with two attached hydrogens (primary N) is 1. The molecular formula is C8H9ClN4S. The second-order valence-electron chi connectivity index (χ2n) is 2.75. The molecule has 74 valence electrons. The second-order valence-corrected chi connectivity index (χ2v) is 4.16. The number of nitrogens with zero attached hydrogens (tertiary/aromatic N) is 3. The highest BCUT2D eigenvalue weighted by molar-refractivity contribution is 7.10. The summed E-state index contributed by atoms with van der Waals surface area (Å²) in [6, 6.07) is 1.88. The Hall–Kier alpha value is -0.910. The fourth-order valence-electron chi connectivity index (χ4n) is 1.09. The summed E-state index contributed by atoms with van der Waals surface area (Å²) in [5.74, 6) is 0.651. The summed E-state index contributed by atoms with van der Waals surface area (Å²) in [6.45, 7) is 1.02. The minimum Gasteiger partial charge on any atom is -0.324 e. The van der Waals surface area contributed by atoms with Gasteiger partial charge in [0.25, 0.3) is 0 Å². The summed E-state index contributed by atoms with van der Waals surface area (Å²) in [7, 11) is 0. The van der Waals surface area contributed by atoms with Gasteiger partial charge in [-0.1, -0.05) is 11.6 Å². The van der Waals surface area contributed by atoms with Crippen molar-refractivity contribution in [1.82, 2.24) is 14.8 Å². The molecule has 0 radical (unpaired) electrons. The van der Waals surface area contributed by atoms with E-state index in [-0.39, 0.29) is 0 Å². The summed E-state index contributed by atoms with van der Waals surface area (Å²) in [5.41, 5.74) is 5.40. The van der Waals surface area contributed by atoms with Crippen molar-refractivity contribution in [3.63, 3.8) is 0 Å². The van der Waals surface area contributed by atoms with Gasteiger partial charge in [0.2, 0.25) is 0 Å². The average molecular weight is 229 g/mol. The average Bonchev–Trinajstić information content (AvgIpc) is 2.77. The highest BCUT2D eigenvalue weighted by atomic mass is 35.5. The fourth-order valence-corrected chi connectivity index (χ4v) is 2.17. The number of thiophene rings is 1. The van der Waals surface area contributed by atoms with Gasteiger partial charge in [-0.3, -0.25) is 0 Å². The van der Waals surface area contributed by atoms with Crippen LogP contribution < -0.4 is 5.73 Å². The van der Waals surface area contributed by atoms with E-state index in [0.717, 1.165) is 9.90 Å². The first-order chi connectivity index (χ1) is 6.79. The lowest BCUT2D eigenvalue weighted by Gasteiger charge is -1.97. The van der Waals surface area contributed by atoms with E-state index in [9.17, 15) is 0 Å². The van der Waals surface area contributed by atoms with Crippen LogP contribution in [0.1, 0.15) is 10.7 Å². The van der Waals surface area contributed by atoms with Crippen molar-refractivity contribution < 1.29 is 0 Å². The van der Waals surface area contributed by atoms with Gasteiger partial charge < -0.3 is 5.73 Å². The molecule has 0 aliphatic heterocycles. The second kappa shape index (κ2) is 4.08. The highest BCUT2D eigenvalue weighted by Crippen LogP contribution is 2.22. The molecule has 0 saturated heterocycles. The SMILES string of the molecule is NCc1ncn(Cc2sccc2Cl)n1. The van der Waals surface area contributed by atoms with E-state index in [4.69, 9.17) is 17.3 Å². The molecule has 0 aliphatic carbocycles. The Bertz CT molecular complexity index is 422. The van der Waals surface area contributed by atoms with Gasteiger partial charge in [-0.25, -0.2) is 9.67 Å². The van der Waals surface area contributed by atoms with Gasteiger partial charge in [0.1, 0.15) is 6.33 Å². The molecule has 14 heavy (non-hydrogen) atoms. The largest absolute Gasteiger partial charge is 0.324 e. The van der Waals surface area contributed by atoms with Gasteiger partial charge in [0.05, 0.1) is 18.1 Å². The van der Waals surface area contributed by atoms with Crippen LogP contribution in [0.2, 0.25) is 5.02 Å². The lowest BCUT2D eigenvalue weighted by Crippen LogP contribution is -2.02. The van der Waals surface area contributed by atoms with Crippen molar-refractivity contribution in [3.05, 3.63) is 33.5 Å². The Morgan fingerprint density at radius 2 is 2.43 bits per heavy atom. The molecule has 0 saturated carbocycles. The molecule has 2 heterocycles. The minimum atomic E-state index is 0.366. The first-order valence-electron chi connectivity index (χ1n) is 4.10. The van der Waals surface area contributed by atoms with Crippen LogP contribution in [0, 0.1) is 0 Å². The number of halogens is 1. The maximum absolute atomic E-state index is 5.95. The Morgan fingerprint density at radius 1 is 1.57 bits per heavy atom. The van der Waals surface area contributed by atoms with Gasteiger partial charge >= 0.3 is 0 Å². The third kappa shape index (κ3) is 1.95. The normalized spacial score (nSPS) is 10.7. The van der Waals surface area contributed by atoms with Gasteiger partial charge in [-0.15, -0.1) is 11.3 Å². The van der Waals surface area contributed by atoms with Gasteiger partial charge in [-0.2, -0.15) is 5.10 Å². The highest BCUT2D eigenvalue weighted by Gasteiger charge is 2.04. The van der Waals surface area contributed by atoms with Crippen molar-refractivity contribution in [1.29, 1.82) is 0 Å². The van der Waals surface area contributed by atoms with Crippen LogP contribution in [0.4, 0.5) is 0 Å². The van der Waals surface area contributed by atoms with E-state index in [1.54, 1.807) is 22.3 Å². The molecule has 2 aromatic heterocycles. The third-order valence-electron chi connectivity index (χ3n) is 1.76. The van der Waals surface area contributed by atoms with Crippen molar-refractivity contribution in [3.8, 4) is 0 Å². The Morgan fingerprint density at radius 3 is 3.00 bits per heavy atom. The lowest BCUT2D eigenvalue weighted by molar-refractivity contribution is 0.679. The number of hydrogen-bond donors (Lipinski definition) is 1. The zero-order chi connectivity index (χ0) is 9.97. The van der Waals surface area contributed by atoms with E-state index < -0.39 is 0 Å². The van der Waals surface area contributed by atoms with E-state index in [1.807, 2.05) is 11.4 Å². The first kappa shape index (κ1) is 9.64. The van der Waals surface area contributed by atoms with Crippen LogP contribution in [0.5, 0.6) is 0 Å². The summed E-state index contributed by atoms with van der Waals surface area (Å²) in [5, 5.41) is 6.91. The zero-order valence-corrected chi connectivity index (χ0v) is 8.92. The fraction of sp³-hybridized carbons (Fsp3) is 0.250. The van der Waals surface area contributed by atoms with E-state index >= 15 is 0 Å². The molecule has 0 spiro atoms. The molecule has 0 aromatic carbocycles. The van der Waals surface area contributed by atoms with Crippen molar-refractivity contribution in [2.75, 3.05) is 0 Å². The Labute approximate surface area is 90.3 Å². The Balaban J connectivity index is 2.15. The molecule has 2 N–H and O–H groups in total. The summed E-state index contributed by atoms with van der Waals surface area (Å²) < 4.78 is 1.74. The van der Waals surface area contributed by atoms with Crippen molar-refractivity contribution in [2.24, 2.45) is 5.73 Å². The topological polar surface area (TPSA) is 56.7 Å².